The van der Waals surface area contributed by atoms with E-state index in [4.69, 9.17) is 2.74 Å². The molecule has 0 saturated heterocycles. The molecule has 0 aliphatic heterocycles. The van der Waals surface area contributed by atoms with Gasteiger partial charge in [-0.3, -0.25) is 0 Å². The Morgan fingerprint density at radius 2 is 0.756 bits per heavy atom. The fraction of sp³-hybridized carbons (Fsp3) is 0. The molecule has 2 nitrogen and oxygen atoms in total. The SMILES string of the molecule is [2H]c1c([2H])c([2H])c(-c2cc([Si](c3ccccc3)(c3ccccc3)c3ccccc3)cc(-c3c([2H])c([2H])c([2H])c([2H])c3[2H])c2-n2c3ccccc3c3cc(-n4c5ccccc5c5cccc(-c6ccccc6-c6cccc7sc8ccccc8c67)c54)ccc32)c([2H])c1[2H]. The van der Waals surface area contributed by atoms with Crippen LogP contribution in [0.25, 0.3) is 120 Å². The number of fused-ring (bicyclic) bond motifs is 9. The second kappa shape index (κ2) is 19.6. The lowest BCUT2D eigenvalue weighted by atomic mass is 9.91. The Morgan fingerprint density at radius 1 is 0.305 bits per heavy atom. The molecule has 3 heterocycles. The van der Waals surface area contributed by atoms with Gasteiger partial charge in [-0.2, -0.15) is 0 Å². The fourth-order valence-corrected chi connectivity index (χ4v) is 19.0. The number of hydrogen-bond donors (Lipinski definition) is 0. The molecule has 0 amide bonds. The highest BCUT2D eigenvalue weighted by Crippen LogP contribution is 2.47. The van der Waals surface area contributed by atoms with E-state index in [2.05, 4.69) is 162 Å². The van der Waals surface area contributed by atoms with Crippen LogP contribution in [0.4, 0.5) is 0 Å². The predicted octanol–water partition coefficient (Wildman–Crippen LogP) is 18.3. The minimum atomic E-state index is -3.66. The van der Waals surface area contributed by atoms with Crippen molar-refractivity contribution in [3.8, 4) is 55.9 Å². The molecule has 3 aromatic heterocycles. The highest BCUT2D eigenvalue weighted by Gasteiger charge is 2.42. The molecule has 0 N–H and O–H groups in total. The Bertz CT molecular complexity index is 5480. The summed E-state index contributed by atoms with van der Waals surface area (Å²) in [4.78, 5) is 0. The number of nitrogens with zero attached hydrogens (tertiary/aromatic N) is 2. The lowest BCUT2D eigenvalue weighted by Crippen LogP contribution is -2.74. The van der Waals surface area contributed by atoms with Crippen molar-refractivity contribution >= 4 is 104 Å². The summed E-state index contributed by atoms with van der Waals surface area (Å²) < 4.78 is 101. The van der Waals surface area contributed by atoms with Crippen LogP contribution in [0.15, 0.2) is 315 Å². The molecule has 16 aromatic rings. The number of aromatic nitrogens is 2. The smallest absolute Gasteiger partial charge is 0.179 e. The van der Waals surface area contributed by atoms with Gasteiger partial charge in [-0.25, -0.2) is 0 Å². The van der Waals surface area contributed by atoms with Crippen LogP contribution in [0.3, 0.4) is 0 Å². The van der Waals surface area contributed by atoms with Gasteiger partial charge in [0.2, 0.25) is 0 Å². The van der Waals surface area contributed by atoms with Gasteiger partial charge in [-0.1, -0.05) is 273 Å². The molecule has 82 heavy (non-hydrogen) atoms. The molecule has 0 radical (unpaired) electrons. The highest BCUT2D eigenvalue weighted by atomic mass is 32.1. The standard InChI is InChI=1S/C78H52N2SSi/c1-6-26-53(27-7-1)68-51-59(82(56-30-10-3-11-31-56,57-32-12-4-13-33-57)58-34-14-5-15-35-58)52-69(54-28-8-2-9-29-54)78(68)80-72-45-22-19-39-63(72)70-50-55(48-49-73(70)80)79-71-44-21-18-38-62(71)66-43-24-42-65(77(66)79)61-37-17-16-36-60(61)64-41-25-47-75-76(64)67-40-20-23-46-74(67)81-75/h1-52H/i1D,2D,6D,7D,8D,9D,26D,27D,28D,29D. The first-order valence-electron chi connectivity index (χ1n) is 32.4. The van der Waals surface area contributed by atoms with Crippen LogP contribution in [0, 0.1) is 0 Å². The van der Waals surface area contributed by atoms with Gasteiger partial charge in [0.15, 0.2) is 8.07 Å². The van der Waals surface area contributed by atoms with Crippen molar-refractivity contribution in [3.63, 3.8) is 0 Å². The minimum absolute atomic E-state index is 0.109. The van der Waals surface area contributed by atoms with Gasteiger partial charge in [-0.15, -0.1) is 11.3 Å². The van der Waals surface area contributed by atoms with Crippen molar-refractivity contribution in [2.75, 3.05) is 0 Å². The summed E-state index contributed by atoms with van der Waals surface area (Å²) in [6, 6.07) is 82.2. The van der Waals surface area contributed by atoms with Crippen molar-refractivity contribution in [2.24, 2.45) is 0 Å². The molecule has 16 rings (SSSR count). The second-order valence-electron chi connectivity index (χ2n) is 20.7. The van der Waals surface area contributed by atoms with E-state index in [0.717, 1.165) is 76.1 Å². The number of rotatable bonds is 10. The minimum Gasteiger partial charge on any atom is -0.309 e. The van der Waals surface area contributed by atoms with E-state index in [1.165, 1.54) is 20.2 Å². The average molecular weight is 1090 g/mol. The molecule has 0 aliphatic rings. The van der Waals surface area contributed by atoms with Gasteiger partial charge in [0, 0.05) is 64.1 Å². The van der Waals surface area contributed by atoms with Gasteiger partial charge >= 0.3 is 0 Å². The first-order chi connectivity index (χ1) is 44.9. The van der Waals surface area contributed by atoms with Crippen molar-refractivity contribution in [2.45, 2.75) is 0 Å². The van der Waals surface area contributed by atoms with Gasteiger partial charge in [-0.05, 0) is 91.0 Å². The molecule has 13 aromatic carbocycles. The molecule has 4 heteroatoms. The van der Waals surface area contributed by atoms with Crippen LogP contribution in [0.5, 0.6) is 0 Å². The summed E-state index contributed by atoms with van der Waals surface area (Å²) in [5.74, 6) is 0. The van der Waals surface area contributed by atoms with Gasteiger partial charge in [0.05, 0.1) is 41.5 Å². The molecule has 0 aliphatic carbocycles. The van der Waals surface area contributed by atoms with Gasteiger partial charge in [0.1, 0.15) is 0 Å². The maximum absolute atomic E-state index is 9.91. The molecule has 0 atom stereocenters. The summed E-state index contributed by atoms with van der Waals surface area (Å²) in [6.45, 7) is 0. The van der Waals surface area contributed by atoms with E-state index in [0.29, 0.717) is 16.2 Å². The molecule has 0 spiro atoms. The number of thiophene rings is 1. The summed E-state index contributed by atoms with van der Waals surface area (Å²) in [6.07, 6.45) is 0. The van der Waals surface area contributed by atoms with Crippen molar-refractivity contribution in [3.05, 3.63) is 315 Å². The first kappa shape index (κ1) is 38.5. The Hall–Kier alpha value is -10.1. The topological polar surface area (TPSA) is 9.86 Å². The molecule has 0 fully saturated rings. The van der Waals surface area contributed by atoms with E-state index >= 15 is 0 Å². The molecule has 0 unspecified atom stereocenters. The monoisotopic (exact) mass is 1090 g/mol. The highest BCUT2D eigenvalue weighted by molar-refractivity contribution is 7.26. The summed E-state index contributed by atoms with van der Waals surface area (Å²) in [7, 11) is -3.66. The molecule has 0 saturated carbocycles. The van der Waals surface area contributed by atoms with Crippen molar-refractivity contribution in [1.82, 2.24) is 9.13 Å². The quantitative estimate of drug-likeness (QED) is 0.0954. The lowest BCUT2D eigenvalue weighted by molar-refractivity contribution is 1.17. The number of para-hydroxylation sites is 3. The van der Waals surface area contributed by atoms with E-state index in [9.17, 15) is 11.0 Å². The Morgan fingerprint density at radius 3 is 1.38 bits per heavy atom. The zero-order valence-electron chi connectivity index (χ0n) is 54.1. The summed E-state index contributed by atoms with van der Waals surface area (Å²) in [5, 5.41) is 9.76. The molecule has 0 bridgehead atoms. The third-order valence-corrected chi connectivity index (χ3v) is 22.3. The zero-order chi connectivity index (χ0) is 62.8. The fourth-order valence-electron chi connectivity index (χ4n) is 13.1. The van der Waals surface area contributed by atoms with Crippen LogP contribution in [-0.4, -0.2) is 17.2 Å². The van der Waals surface area contributed by atoms with Crippen molar-refractivity contribution in [1.29, 1.82) is 0 Å². The summed E-state index contributed by atoms with van der Waals surface area (Å²) >= 11 is 1.80. The van der Waals surface area contributed by atoms with Gasteiger partial charge in [0.25, 0.3) is 0 Å². The van der Waals surface area contributed by atoms with Crippen molar-refractivity contribution < 1.29 is 13.7 Å². The Balaban J connectivity index is 1.04. The second-order valence-corrected chi connectivity index (χ2v) is 25.6. The van der Waals surface area contributed by atoms with Crippen LogP contribution in [-0.2, 0) is 0 Å². The lowest BCUT2D eigenvalue weighted by Gasteiger charge is -2.36. The number of hydrogen-bond acceptors (Lipinski definition) is 1. The maximum atomic E-state index is 9.91. The van der Waals surface area contributed by atoms with Crippen LogP contribution in [0.2, 0.25) is 0 Å². The molecular formula is C78H52N2SSi. The molecule has 384 valence electrons. The van der Waals surface area contributed by atoms with E-state index in [1.54, 1.807) is 11.3 Å². The van der Waals surface area contributed by atoms with E-state index < -0.39 is 68.5 Å². The largest absolute Gasteiger partial charge is 0.309 e. The third kappa shape index (κ3) is 7.46. The third-order valence-electron chi connectivity index (χ3n) is 16.4. The average Bonchev–Trinajstić information content (AvgIpc) is 1.20. The number of benzene rings is 13. The predicted molar refractivity (Wildman–Crippen MR) is 353 cm³/mol. The van der Waals surface area contributed by atoms with E-state index in [1.807, 2.05) is 102 Å². The Labute approximate surface area is 495 Å². The van der Waals surface area contributed by atoms with Crippen LogP contribution >= 0.6 is 11.3 Å². The van der Waals surface area contributed by atoms with E-state index in [-0.39, 0.29) is 27.9 Å². The first-order valence-corrected chi connectivity index (χ1v) is 30.2. The zero-order valence-corrected chi connectivity index (χ0v) is 45.9. The van der Waals surface area contributed by atoms with Crippen LogP contribution in [0.1, 0.15) is 13.7 Å². The van der Waals surface area contributed by atoms with Crippen LogP contribution < -0.4 is 20.7 Å². The Kier molecular flexibility index (Phi) is 9.21. The normalized spacial score (nSPS) is 13.6. The van der Waals surface area contributed by atoms with Gasteiger partial charge < -0.3 is 9.13 Å². The summed E-state index contributed by atoms with van der Waals surface area (Å²) in [5.41, 5.74) is 9.04. The maximum Gasteiger partial charge on any atom is 0.179 e. The molecular weight excluding hydrogens is 1030 g/mol.